The molecule has 1 saturated heterocycles. The minimum atomic E-state index is -2.34. The van der Waals surface area contributed by atoms with Gasteiger partial charge in [-0.2, -0.15) is 0 Å². The van der Waals surface area contributed by atoms with Crippen molar-refractivity contribution in [1.29, 1.82) is 0 Å². The van der Waals surface area contributed by atoms with Crippen LogP contribution in [0.5, 0.6) is 5.75 Å². The fraction of sp³-hybridized carbons (Fsp3) is 0.343. The number of hydrogen-bond donors (Lipinski definition) is 6. The highest BCUT2D eigenvalue weighted by Crippen LogP contribution is 2.39. The lowest BCUT2D eigenvalue weighted by Gasteiger charge is -2.37. The second kappa shape index (κ2) is 17.1. The Bertz CT molecular complexity index is 1770. The summed E-state index contributed by atoms with van der Waals surface area (Å²) >= 11 is 11.8. The van der Waals surface area contributed by atoms with E-state index in [-0.39, 0.29) is 27.9 Å². The molecular formula is C35H38BCl2N3O10. The maximum atomic E-state index is 12.5. The third kappa shape index (κ3) is 10.9. The Morgan fingerprint density at radius 3 is 2.29 bits per heavy atom. The maximum absolute atomic E-state index is 12.5. The molecule has 51 heavy (non-hydrogen) atoms. The smallest absolute Gasteiger partial charge is 0.508 e. The first kappa shape index (κ1) is 39.2. The number of amides is 2. The van der Waals surface area contributed by atoms with Crippen LogP contribution < -0.4 is 16.4 Å². The summed E-state index contributed by atoms with van der Waals surface area (Å²) in [6.45, 7) is 3.11. The third-order valence-electron chi connectivity index (χ3n) is 8.19. The van der Waals surface area contributed by atoms with Crippen molar-refractivity contribution in [3.63, 3.8) is 0 Å². The van der Waals surface area contributed by atoms with E-state index < -0.39 is 67.8 Å². The first-order valence-electron chi connectivity index (χ1n) is 16.1. The third-order valence-corrected chi connectivity index (χ3v) is 8.75. The van der Waals surface area contributed by atoms with E-state index in [2.05, 4.69) is 34.9 Å². The van der Waals surface area contributed by atoms with Gasteiger partial charge in [-0.25, -0.2) is 4.79 Å². The van der Waals surface area contributed by atoms with Crippen LogP contribution in [-0.4, -0.2) is 76.3 Å². The van der Waals surface area contributed by atoms with E-state index in [1.165, 1.54) is 23.8 Å². The number of hydrogen-bond acceptors (Lipinski definition) is 9. The van der Waals surface area contributed by atoms with Gasteiger partial charge in [0.1, 0.15) is 5.75 Å². The minimum Gasteiger partial charge on any atom is -0.508 e. The molecule has 270 valence electrons. The summed E-state index contributed by atoms with van der Waals surface area (Å²) in [4.78, 5) is 60.0. The van der Waals surface area contributed by atoms with Gasteiger partial charge in [0.25, 0.3) is 11.9 Å². The molecule has 7 N–H and O–H groups in total. The average molecular weight is 742 g/mol. The lowest BCUT2D eigenvalue weighted by Crippen LogP contribution is -2.61. The molecule has 0 spiro atoms. The van der Waals surface area contributed by atoms with E-state index in [1.807, 2.05) is 12.1 Å². The number of phenols is 1. The SMILES string of the molecule is CC(C)CC(NC(=O)CNC(=O)c1cc(Cl)ccc1Cl)B1OC(=O)CC(CC(=O)O)(C(=O)O)O1.NC1CC1c1ccc(-c2cccc(O)c2)cc1. The van der Waals surface area contributed by atoms with Crippen molar-refractivity contribution in [1.82, 2.24) is 10.6 Å². The van der Waals surface area contributed by atoms with E-state index in [1.54, 1.807) is 26.0 Å². The van der Waals surface area contributed by atoms with Crippen LogP contribution in [0.4, 0.5) is 0 Å². The second-order valence-corrected chi connectivity index (χ2v) is 13.7. The molecular weight excluding hydrogens is 704 g/mol. The molecule has 1 heterocycles. The maximum Gasteiger partial charge on any atom is 0.552 e. The summed E-state index contributed by atoms with van der Waals surface area (Å²) in [6.07, 6.45) is -0.483. The van der Waals surface area contributed by atoms with Gasteiger partial charge in [0.2, 0.25) is 5.91 Å². The molecule has 5 rings (SSSR count). The van der Waals surface area contributed by atoms with Gasteiger partial charge in [-0.1, -0.05) is 73.4 Å². The normalized spacial score (nSPS) is 20.0. The van der Waals surface area contributed by atoms with Crippen molar-refractivity contribution in [3.8, 4) is 16.9 Å². The molecule has 0 bridgehead atoms. The van der Waals surface area contributed by atoms with Crippen LogP contribution >= 0.6 is 23.2 Å². The Balaban J connectivity index is 0.000000283. The topological polar surface area (TPSA) is 215 Å². The Kier molecular flexibility index (Phi) is 13.1. The Labute approximate surface area is 304 Å². The summed E-state index contributed by atoms with van der Waals surface area (Å²) in [5, 5.41) is 33.5. The number of carbonyl (C=O) groups excluding carboxylic acids is 3. The summed E-state index contributed by atoms with van der Waals surface area (Å²) in [7, 11) is -1.55. The average Bonchev–Trinajstić information content (AvgIpc) is 3.80. The summed E-state index contributed by atoms with van der Waals surface area (Å²) < 4.78 is 10.6. The quantitative estimate of drug-likeness (QED) is 0.143. The molecule has 0 aromatic heterocycles. The zero-order valence-electron chi connectivity index (χ0n) is 27.8. The number of rotatable bonds is 12. The van der Waals surface area contributed by atoms with Crippen LogP contribution in [0.15, 0.2) is 66.7 Å². The highest BCUT2D eigenvalue weighted by molar-refractivity contribution is 6.50. The molecule has 2 aliphatic rings. The van der Waals surface area contributed by atoms with E-state index in [0.717, 1.165) is 17.5 Å². The Morgan fingerprint density at radius 1 is 1.02 bits per heavy atom. The molecule has 3 aromatic rings. The molecule has 1 saturated carbocycles. The predicted octanol–water partition coefficient (Wildman–Crippen LogP) is 4.42. The second-order valence-electron chi connectivity index (χ2n) is 12.8. The summed E-state index contributed by atoms with van der Waals surface area (Å²) in [6, 6.07) is 20.4. The molecule has 16 heteroatoms. The number of carbonyl (C=O) groups is 5. The van der Waals surface area contributed by atoms with Gasteiger partial charge in [-0.05, 0) is 65.8 Å². The number of carboxylic acid groups (broad SMARTS) is 2. The van der Waals surface area contributed by atoms with E-state index >= 15 is 0 Å². The first-order chi connectivity index (χ1) is 24.1. The highest BCUT2D eigenvalue weighted by atomic mass is 35.5. The van der Waals surface area contributed by atoms with E-state index in [4.69, 9.17) is 43.4 Å². The van der Waals surface area contributed by atoms with Crippen molar-refractivity contribution in [2.45, 2.75) is 63.0 Å². The fourth-order valence-electron chi connectivity index (χ4n) is 5.54. The number of nitrogens with one attached hydrogen (secondary N) is 2. The Morgan fingerprint density at radius 2 is 1.71 bits per heavy atom. The largest absolute Gasteiger partial charge is 0.552 e. The molecule has 13 nitrogen and oxygen atoms in total. The number of aliphatic carboxylic acids is 2. The van der Waals surface area contributed by atoms with E-state index in [0.29, 0.717) is 17.7 Å². The molecule has 2 amide bonds. The zero-order chi connectivity index (χ0) is 37.5. The van der Waals surface area contributed by atoms with Crippen molar-refractivity contribution in [3.05, 3.63) is 87.9 Å². The minimum absolute atomic E-state index is 0.0603. The van der Waals surface area contributed by atoms with Gasteiger partial charge >= 0.3 is 19.1 Å². The molecule has 4 unspecified atom stereocenters. The number of benzene rings is 3. The molecule has 2 fully saturated rings. The van der Waals surface area contributed by atoms with Gasteiger partial charge in [-0.3, -0.25) is 19.2 Å². The number of halogens is 2. The molecule has 4 atom stereocenters. The lowest BCUT2D eigenvalue weighted by molar-refractivity contribution is -0.175. The highest BCUT2D eigenvalue weighted by Gasteiger charge is 2.54. The lowest BCUT2D eigenvalue weighted by atomic mass is 9.70. The zero-order valence-corrected chi connectivity index (χ0v) is 29.3. The summed E-state index contributed by atoms with van der Waals surface area (Å²) in [5.41, 5.74) is 7.03. The van der Waals surface area contributed by atoms with Gasteiger partial charge in [-0.15, -0.1) is 0 Å². The number of nitrogens with two attached hydrogens (primary N) is 1. The van der Waals surface area contributed by atoms with E-state index in [9.17, 15) is 34.2 Å². The number of phenolic OH excluding ortho intramolecular Hbond substituents is 1. The van der Waals surface area contributed by atoms with Crippen molar-refractivity contribution in [2.24, 2.45) is 11.7 Å². The number of carboxylic acids is 2. The van der Waals surface area contributed by atoms with Gasteiger partial charge < -0.3 is 41.0 Å². The van der Waals surface area contributed by atoms with Gasteiger partial charge in [0.15, 0.2) is 5.60 Å². The van der Waals surface area contributed by atoms with Crippen LogP contribution in [0.3, 0.4) is 0 Å². The molecule has 1 aliphatic carbocycles. The van der Waals surface area contributed by atoms with Crippen LogP contribution in [-0.2, 0) is 28.5 Å². The van der Waals surface area contributed by atoms with Crippen LogP contribution in [0.1, 0.15) is 61.4 Å². The van der Waals surface area contributed by atoms with Crippen LogP contribution in [0.2, 0.25) is 10.0 Å². The van der Waals surface area contributed by atoms with Crippen molar-refractivity contribution >= 4 is 60.0 Å². The Hall–Kier alpha value is -4.63. The predicted molar refractivity (Wildman–Crippen MR) is 189 cm³/mol. The van der Waals surface area contributed by atoms with Crippen molar-refractivity contribution < 1.29 is 48.6 Å². The molecule has 3 aromatic carbocycles. The standard InChI is InChI=1S/C20H23BCl2N2O9.C15H15NO/c1-10(2)5-14(21-33-17(29)8-20(34-21,19(31)32)7-16(27)28)25-15(26)9-24-18(30)12-6-11(22)3-4-13(12)23;16-15-9-14(15)11-6-4-10(5-7-11)12-2-1-3-13(17)8-12/h3-4,6,10,14H,5,7-9H2,1-2H3,(H,24,30)(H,25,26)(H,27,28)(H,31,32);1-8,14-15,17H,9,16H2. The fourth-order valence-corrected chi connectivity index (χ4v) is 5.92. The molecule has 0 radical (unpaired) electrons. The molecule has 1 aliphatic heterocycles. The van der Waals surface area contributed by atoms with Crippen LogP contribution in [0.25, 0.3) is 11.1 Å². The summed E-state index contributed by atoms with van der Waals surface area (Å²) in [5.74, 6) is -5.68. The number of aromatic hydroxyl groups is 1. The van der Waals surface area contributed by atoms with Gasteiger partial charge in [0.05, 0.1) is 35.9 Å². The van der Waals surface area contributed by atoms with Crippen LogP contribution in [0, 0.1) is 5.92 Å². The monoisotopic (exact) mass is 741 g/mol. The first-order valence-corrected chi connectivity index (χ1v) is 16.8. The van der Waals surface area contributed by atoms with Crippen molar-refractivity contribution in [2.75, 3.05) is 6.54 Å². The van der Waals surface area contributed by atoms with Gasteiger partial charge in [0, 0.05) is 17.0 Å².